The molecule has 0 aliphatic heterocycles. The molecular formula is C8H8F3N. The molecule has 0 amide bonds. The molecule has 4 heteroatoms. The maximum Gasteiger partial charge on any atom is 0.194 e. The molecule has 2 N–H and O–H groups in total. The van der Waals surface area contributed by atoms with Gasteiger partial charge in [-0.3, -0.25) is 0 Å². The summed E-state index contributed by atoms with van der Waals surface area (Å²) < 4.78 is 37.7. The molecule has 0 bridgehead atoms. The summed E-state index contributed by atoms with van der Waals surface area (Å²) in [5, 5.41) is 0. The van der Waals surface area contributed by atoms with Crippen molar-refractivity contribution in [1.82, 2.24) is 0 Å². The second kappa shape index (κ2) is 3.15. The van der Waals surface area contributed by atoms with Crippen LogP contribution >= 0.6 is 0 Å². The predicted octanol–water partition coefficient (Wildman–Crippen LogP) is 2.12. The van der Waals surface area contributed by atoms with Gasteiger partial charge in [0.25, 0.3) is 0 Å². The van der Waals surface area contributed by atoms with Crippen LogP contribution in [0.5, 0.6) is 0 Å². The predicted molar refractivity (Wildman–Crippen MR) is 38.9 cm³/mol. The minimum atomic E-state index is -1.47. The van der Waals surface area contributed by atoms with Gasteiger partial charge in [-0.05, 0) is 13.0 Å². The van der Waals surface area contributed by atoms with Crippen LogP contribution in [-0.2, 0) is 0 Å². The minimum Gasteiger partial charge on any atom is -0.324 e. The Morgan fingerprint density at radius 2 is 1.75 bits per heavy atom. The number of benzene rings is 1. The molecule has 1 atom stereocenters. The van der Waals surface area contributed by atoms with E-state index in [4.69, 9.17) is 5.73 Å². The summed E-state index contributed by atoms with van der Waals surface area (Å²) in [6.07, 6.45) is 0. The molecule has 12 heavy (non-hydrogen) atoms. The molecule has 0 heterocycles. The molecule has 0 saturated carbocycles. The maximum atomic E-state index is 12.8. The summed E-state index contributed by atoms with van der Waals surface area (Å²) in [7, 11) is 0. The molecule has 0 aromatic heterocycles. The Morgan fingerprint density at radius 3 is 2.25 bits per heavy atom. The first-order chi connectivity index (χ1) is 5.54. The van der Waals surface area contributed by atoms with Crippen molar-refractivity contribution in [2.45, 2.75) is 13.0 Å². The van der Waals surface area contributed by atoms with Crippen molar-refractivity contribution in [3.8, 4) is 0 Å². The Bertz CT molecular complexity index is 297. The Morgan fingerprint density at radius 1 is 1.17 bits per heavy atom. The third kappa shape index (κ3) is 1.43. The first-order valence-corrected chi connectivity index (χ1v) is 3.43. The van der Waals surface area contributed by atoms with Gasteiger partial charge in [-0.15, -0.1) is 0 Å². The zero-order valence-corrected chi connectivity index (χ0v) is 6.44. The first kappa shape index (κ1) is 9.06. The summed E-state index contributed by atoms with van der Waals surface area (Å²) in [4.78, 5) is 0. The number of nitrogens with two attached hydrogens (primary N) is 1. The van der Waals surface area contributed by atoms with Gasteiger partial charge in [-0.25, -0.2) is 13.2 Å². The van der Waals surface area contributed by atoms with Gasteiger partial charge in [0.1, 0.15) is 0 Å². The van der Waals surface area contributed by atoms with Crippen LogP contribution in [0.2, 0.25) is 0 Å². The van der Waals surface area contributed by atoms with E-state index < -0.39 is 23.5 Å². The molecular weight excluding hydrogens is 167 g/mol. The highest BCUT2D eigenvalue weighted by atomic mass is 19.2. The number of halogens is 3. The Balaban J connectivity index is 3.27. The highest BCUT2D eigenvalue weighted by Crippen LogP contribution is 2.19. The second-order valence-electron chi connectivity index (χ2n) is 2.55. The molecule has 0 fully saturated rings. The lowest BCUT2D eigenvalue weighted by molar-refractivity contribution is 0.437. The molecule has 0 aliphatic carbocycles. The van der Waals surface area contributed by atoms with E-state index in [2.05, 4.69) is 0 Å². The van der Waals surface area contributed by atoms with Crippen molar-refractivity contribution in [2.24, 2.45) is 5.73 Å². The summed E-state index contributed by atoms with van der Waals surface area (Å²) in [6, 6.07) is 1.36. The zero-order valence-electron chi connectivity index (χ0n) is 6.44. The second-order valence-corrected chi connectivity index (χ2v) is 2.55. The average Bonchev–Trinajstić information content (AvgIpc) is 2.00. The van der Waals surface area contributed by atoms with Gasteiger partial charge in [0.15, 0.2) is 17.5 Å². The van der Waals surface area contributed by atoms with Crippen molar-refractivity contribution in [3.63, 3.8) is 0 Å². The van der Waals surface area contributed by atoms with Crippen molar-refractivity contribution >= 4 is 0 Å². The summed E-state index contributed by atoms with van der Waals surface area (Å²) in [5.74, 6) is -3.87. The van der Waals surface area contributed by atoms with Gasteiger partial charge in [0.2, 0.25) is 0 Å². The van der Waals surface area contributed by atoms with Gasteiger partial charge >= 0.3 is 0 Å². The molecule has 66 valence electrons. The van der Waals surface area contributed by atoms with Crippen molar-refractivity contribution in [2.75, 3.05) is 0 Å². The van der Waals surface area contributed by atoms with Crippen LogP contribution in [0.25, 0.3) is 0 Å². The molecule has 0 radical (unpaired) electrons. The molecule has 1 nitrogen and oxygen atoms in total. The largest absolute Gasteiger partial charge is 0.324 e. The lowest BCUT2D eigenvalue weighted by atomic mass is 10.1. The van der Waals surface area contributed by atoms with Crippen LogP contribution in [0.4, 0.5) is 13.2 Å². The van der Waals surface area contributed by atoms with E-state index in [-0.39, 0.29) is 5.56 Å². The normalized spacial score (nSPS) is 13.1. The summed E-state index contributed by atoms with van der Waals surface area (Å²) >= 11 is 0. The average molecular weight is 175 g/mol. The topological polar surface area (TPSA) is 26.0 Å². The van der Waals surface area contributed by atoms with Crippen molar-refractivity contribution in [1.29, 1.82) is 0 Å². The number of hydrogen-bond acceptors (Lipinski definition) is 1. The Labute approximate surface area is 68.0 Å². The molecule has 0 unspecified atom stereocenters. The van der Waals surface area contributed by atoms with E-state index in [9.17, 15) is 13.2 Å². The van der Waals surface area contributed by atoms with Gasteiger partial charge in [-0.2, -0.15) is 0 Å². The van der Waals surface area contributed by atoms with Gasteiger partial charge in [0, 0.05) is 11.6 Å². The summed E-state index contributed by atoms with van der Waals surface area (Å²) in [6.45, 7) is 1.50. The van der Waals surface area contributed by atoms with Gasteiger partial charge < -0.3 is 5.73 Å². The van der Waals surface area contributed by atoms with E-state index in [1.54, 1.807) is 0 Å². The third-order valence-electron chi connectivity index (χ3n) is 1.56. The fourth-order valence-electron chi connectivity index (χ4n) is 0.893. The number of hydrogen-bond donors (Lipinski definition) is 1. The van der Waals surface area contributed by atoms with E-state index in [1.807, 2.05) is 0 Å². The fourth-order valence-corrected chi connectivity index (χ4v) is 0.893. The highest BCUT2D eigenvalue weighted by Gasteiger charge is 2.14. The van der Waals surface area contributed by atoms with Crippen LogP contribution in [0, 0.1) is 17.5 Å². The maximum absolute atomic E-state index is 12.8. The van der Waals surface area contributed by atoms with Crippen LogP contribution in [-0.4, -0.2) is 0 Å². The van der Waals surface area contributed by atoms with Crippen molar-refractivity contribution < 1.29 is 13.2 Å². The van der Waals surface area contributed by atoms with Crippen LogP contribution < -0.4 is 5.73 Å². The standard InChI is InChI=1S/C8H8F3N/c1-4(12)5-2-3-6(9)8(11)7(5)10/h2-4H,12H2,1H3/t4-/m1/s1. The zero-order chi connectivity index (χ0) is 9.30. The summed E-state index contributed by atoms with van der Waals surface area (Å²) in [5.41, 5.74) is 5.28. The van der Waals surface area contributed by atoms with Gasteiger partial charge in [0.05, 0.1) is 0 Å². The first-order valence-electron chi connectivity index (χ1n) is 3.43. The van der Waals surface area contributed by atoms with Gasteiger partial charge in [-0.1, -0.05) is 6.07 Å². The lowest BCUT2D eigenvalue weighted by Crippen LogP contribution is -2.09. The molecule has 1 aromatic carbocycles. The smallest absolute Gasteiger partial charge is 0.194 e. The molecule has 0 saturated heterocycles. The van der Waals surface area contributed by atoms with Crippen LogP contribution in [0.15, 0.2) is 12.1 Å². The molecule has 1 aromatic rings. The monoisotopic (exact) mass is 175 g/mol. The van der Waals surface area contributed by atoms with E-state index in [0.717, 1.165) is 12.1 Å². The van der Waals surface area contributed by atoms with E-state index >= 15 is 0 Å². The lowest BCUT2D eigenvalue weighted by Gasteiger charge is -2.07. The Hall–Kier alpha value is -1.03. The van der Waals surface area contributed by atoms with E-state index in [0.29, 0.717) is 0 Å². The highest BCUT2D eigenvalue weighted by molar-refractivity contribution is 5.22. The number of rotatable bonds is 1. The quantitative estimate of drug-likeness (QED) is 0.650. The molecule has 1 rings (SSSR count). The molecule has 0 aliphatic rings. The van der Waals surface area contributed by atoms with Crippen LogP contribution in [0.3, 0.4) is 0 Å². The fraction of sp³-hybridized carbons (Fsp3) is 0.250. The Kier molecular flexibility index (Phi) is 2.38. The van der Waals surface area contributed by atoms with E-state index in [1.165, 1.54) is 6.92 Å². The third-order valence-corrected chi connectivity index (χ3v) is 1.56. The minimum absolute atomic E-state index is 0.0195. The molecule has 0 spiro atoms. The SMILES string of the molecule is C[C@@H](N)c1ccc(F)c(F)c1F. The van der Waals surface area contributed by atoms with Crippen molar-refractivity contribution in [3.05, 3.63) is 35.1 Å². The van der Waals surface area contributed by atoms with Crippen LogP contribution in [0.1, 0.15) is 18.5 Å².